The van der Waals surface area contributed by atoms with Gasteiger partial charge in [-0.2, -0.15) is 0 Å². The zero-order chi connectivity index (χ0) is 21.1. The lowest BCUT2D eigenvalue weighted by molar-refractivity contribution is -0.126. The first-order chi connectivity index (χ1) is 14.5. The molecule has 0 aliphatic carbocycles. The Hall–Kier alpha value is -2.81. The van der Waals surface area contributed by atoms with Gasteiger partial charge in [-0.05, 0) is 48.9 Å². The zero-order valence-corrected chi connectivity index (χ0v) is 17.1. The van der Waals surface area contributed by atoms with Gasteiger partial charge in [0.15, 0.2) is 5.82 Å². The van der Waals surface area contributed by atoms with Gasteiger partial charge in [0, 0.05) is 36.0 Å². The van der Waals surface area contributed by atoms with Gasteiger partial charge in [-0.15, -0.1) is 11.3 Å². The summed E-state index contributed by atoms with van der Waals surface area (Å²) in [6.45, 7) is 1.60. The number of thiophene rings is 1. The number of halogens is 2. The Bertz CT molecular complexity index is 1030. The number of fused-ring (bicyclic) bond motifs is 1. The fourth-order valence-corrected chi connectivity index (χ4v) is 4.41. The smallest absolute Gasteiger partial charge is 0.295 e. The van der Waals surface area contributed by atoms with Gasteiger partial charge in [-0.25, -0.2) is 13.8 Å². The Kier molecular flexibility index (Phi) is 6.08. The van der Waals surface area contributed by atoms with E-state index in [0.29, 0.717) is 49.1 Å². The summed E-state index contributed by atoms with van der Waals surface area (Å²) in [6, 6.07) is 8.77. The molecule has 2 amide bonds. The first-order valence-electron chi connectivity index (χ1n) is 9.88. The number of likely N-dealkylation sites (tertiary alicyclic amines) is 1. The third kappa shape index (κ3) is 4.51. The van der Waals surface area contributed by atoms with Crippen molar-refractivity contribution in [2.24, 2.45) is 5.92 Å². The van der Waals surface area contributed by atoms with Gasteiger partial charge in [0.25, 0.3) is 12.3 Å². The van der Waals surface area contributed by atoms with Crippen molar-refractivity contribution in [3.8, 4) is 0 Å². The molecule has 158 valence electrons. The fourth-order valence-electron chi connectivity index (χ4n) is 3.70. The van der Waals surface area contributed by atoms with E-state index in [9.17, 15) is 18.4 Å². The SMILES string of the molecule is O=C(NCCc1cccs1)C1CCN(C(=O)c2ccc3nc(C(F)F)[nH]c3c2)CC1. The summed E-state index contributed by atoms with van der Waals surface area (Å²) in [6.07, 6.45) is -0.645. The third-order valence-electron chi connectivity index (χ3n) is 5.36. The number of nitrogens with zero attached hydrogens (tertiary/aromatic N) is 2. The van der Waals surface area contributed by atoms with Crippen LogP contribution in [0.1, 0.15) is 40.3 Å². The normalized spacial score (nSPS) is 15.1. The van der Waals surface area contributed by atoms with Crippen molar-refractivity contribution in [1.29, 1.82) is 0 Å². The number of hydrogen-bond acceptors (Lipinski definition) is 4. The summed E-state index contributed by atoms with van der Waals surface area (Å²) < 4.78 is 25.6. The Morgan fingerprint density at radius 1 is 1.27 bits per heavy atom. The number of aromatic amines is 1. The van der Waals surface area contributed by atoms with Crippen LogP contribution in [0.25, 0.3) is 11.0 Å². The summed E-state index contributed by atoms with van der Waals surface area (Å²) in [5, 5.41) is 5.01. The number of alkyl halides is 2. The van der Waals surface area contributed by atoms with Crippen molar-refractivity contribution in [2.75, 3.05) is 19.6 Å². The molecule has 1 aliphatic heterocycles. The van der Waals surface area contributed by atoms with Gasteiger partial charge in [-0.3, -0.25) is 9.59 Å². The molecule has 3 heterocycles. The predicted octanol–water partition coefficient (Wildman–Crippen LogP) is 3.77. The molecule has 1 aliphatic rings. The average Bonchev–Trinajstić information content (AvgIpc) is 3.42. The minimum absolute atomic E-state index is 0.0389. The highest BCUT2D eigenvalue weighted by atomic mass is 32.1. The third-order valence-corrected chi connectivity index (χ3v) is 6.29. The number of H-pyrrole nitrogens is 1. The lowest BCUT2D eigenvalue weighted by atomic mass is 9.95. The van der Waals surface area contributed by atoms with Crippen LogP contribution in [-0.2, 0) is 11.2 Å². The molecule has 0 atom stereocenters. The standard InChI is InChI=1S/C21H22F2N4O2S/c22-18(23)19-25-16-4-3-14(12-17(16)26-19)21(29)27-9-6-13(7-10-27)20(28)24-8-5-15-2-1-11-30-15/h1-4,11-13,18H,5-10H2,(H,24,28)(H,25,26). The second-order valence-corrected chi connectivity index (χ2v) is 8.37. The van der Waals surface area contributed by atoms with Crippen LogP contribution in [0, 0.1) is 5.92 Å². The molecule has 6 nitrogen and oxygen atoms in total. The molecule has 2 aromatic heterocycles. The molecule has 4 rings (SSSR count). The molecule has 30 heavy (non-hydrogen) atoms. The van der Waals surface area contributed by atoms with Crippen LogP contribution in [0.15, 0.2) is 35.7 Å². The number of imidazole rings is 1. The van der Waals surface area contributed by atoms with Gasteiger partial charge in [0.1, 0.15) is 0 Å². The van der Waals surface area contributed by atoms with E-state index in [1.54, 1.807) is 34.4 Å². The van der Waals surface area contributed by atoms with E-state index >= 15 is 0 Å². The van der Waals surface area contributed by atoms with Gasteiger partial charge in [0.05, 0.1) is 11.0 Å². The maximum absolute atomic E-state index is 12.8. The van der Waals surface area contributed by atoms with E-state index in [1.165, 1.54) is 4.88 Å². The van der Waals surface area contributed by atoms with E-state index in [1.807, 2.05) is 11.4 Å². The molecule has 0 unspecified atom stereocenters. The first kappa shape index (κ1) is 20.5. The summed E-state index contributed by atoms with van der Waals surface area (Å²) in [4.78, 5) is 34.5. The monoisotopic (exact) mass is 432 g/mol. The lowest BCUT2D eigenvalue weighted by Gasteiger charge is -2.31. The number of carbonyl (C=O) groups excluding carboxylic acids is 2. The van der Waals surface area contributed by atoms with Crippen LogP contribution < -0.4 is 5.32 Å². The minimum Gasteiger partial charge on any atom is -0.355 e. The second kappa shape index (κ2) is 8.91. The van der Waals surface area contributed by atoms with Gasteiger partial charge in [0.2, 0.25) is 5.91 Å². The molecule has 1 aromatic carbocycles. The molecule has 9 heteroatoms. The molecule has 0 saturated carbocycles. The Morgan fingerprint density at radius 2 is 2.07 bits per heavy atom. The molecule has 3 aromatic rings. The fraction of sp³-hybridized carbons (Fsp3) is 0.381. The molecule has 1 saturated heterocycles. The number of benzene rings is 1. The summed E-state index contributed by atoms with van der Waals surface area (Å²) in [5.41, 5.74) is 1.24. The van der Waals surface area contributed by atoms with Crippen molar-refractivity contribution < 1.29 is 18.4 Å². The molecule has 1 fully saturated rings. The van der Waals surface area contributed by atoms with Crippen LogP contribution in [0.4, 0.5) is 8.78 Å². The largest absolute Gasteiger partial charge is 0.355 e. The Balaban J connectivity index is 1.30. The minimum atomic E-state index is -2.69. The van der Waals surface area contributed by atoms with Crippen molar-refractivity contribution in [3.63, 3.8) is 0 Å². The maximum atomic E-state index is 12.8. The summed E-state index contributed by atoms with van der Waals surface area (Å²) in [7, 11) is 0. The number of hydrogen-bond donors (Lipinski definition) is 2. The van der Waals surface area contributed by atoms with Crippen LogP contribution in [-0.4, -0.2) is 46.3 Å². The lowest BCUT2D eigenvalue weighted by Crippen LogP contribution is -2.43. The van der Waals surface area contributed by atoms with Gasteiger partial charge >= 0.3 is 0 Å². The number of amides is 2. The Morgan fingerprint density at radius 3 is 2.77 bits per heavy atom. The molecular weight excluding hydrogens is 410 g/mol. The van der Waals surface area contributed by atoms with Crippen molar-refractivity contribution >= 4 is 34.2 Å². The molecule has 2 N–H and O–H groups in total. The van der Waals surface area contributed by atoms with Crippen LogP contribution in [0.3, 0.4) is 0 Å². The first-order valence-corrected chi connectivity index (χ1v) is 10.8. The van der Waals surface area contributed by atoms with Gasteiger partial charge in [-0.1, -0.05) is 6.07 Å². The highest BCUT2D eigenvalue weighted by molar-refractivity contribution is 7.09. The van der Waals surface area contributed by atoms with Crippen molar-refractivity contribution in [2.45, 2.75) is 25.7 Å². The average molecular weight is 432 g/mol. The number of carbonyl (C=O) groups is 2. The van der Waals surface area contributed by atoms with Crippen molar-refractivity contribution in [3.05, 3.63) is 52.0 Å². The van der Waals surface area contributed by atoms with Crippen LogP contribution in [0.2, 0.25) is 0 Å². The van der Waals surface area contributed by atoms with Crippen LogP contribution >= 0.6 is 11.3 Å². The van der Waals surface area contributed by atoms with Crippen LogP contribution in [0.5, 0.6) is 0 Å². The molecule has 0 spiro atoms. The second-order valence-electron chi connectivity index (χ2n) is 7.34. The number of piperidine rings is 1. The van der Waals surface area contributed by atoms with Gasteiger partial charge < -0.3 is 15.2 Å². The molecule has 0 bridgehead atoms. The van der Waals surface area contributed by atoms with Crippen molar-refractivity contribution in [1.82, 2.24) is 20.2 Å². The topological polar surface area (TPSA) is 78.1 Å². The predicted molar refractivity (Wildman–Crippen MR) is 111 cm³/mol. The summed E-state index contributed by atoms with van der Waals surface area (Å²) >= 11 is 1.68. The highest BCUT2D eigenvalue weighted by Gasteiger charge is 2.28. The quantitative estimate of drug-likeness (QED) is 0.622. The highest BCUT2D eigenvalue weighted by Crippen LogP contribution is 2.23. The number of aromatic nitrogens is 2. The Labute approximate surface area is 176 Å². The molecular formula is C21H22F2N4O2S. The van der Waals surface area contributed by atoms with E-state index in [2.05, 4.69) is 21.4 Å². The zero-order valence-electron chi connectivity index (χ0n) is 16.2. The number of rotatable bonds is 6. The molecule has 0 radical (unpaired) electrons. The van der Waals surface area contributed by atoms with E-state index in [-0.39, 0.29) is 17.7 Å². The van der Waals surface area contributed by atoms with E-state index in [4.69, 9.17) is 0 Å². The maximum Gasteiger partial charge on any atom is 0.295 e. The van der Waals surface area contributed by atoms with E-state index < -0.39 is 12.2 Å². The summed E-state index contributed by atoms with van der Waals surface area (Å²) in [5.74, 6) is -0.625. The van der Waals surface area contributed by atoms with E-state index in [0.717, 1.165) is 6.42 Å². The number of nitrogens with one attached hydrogen (secondary N) is 2.